The van der Waals surface area contributed by atoms with E-state index in [2.05, 4.69) is 11.9 Å². The minimum atomic E-state index is -1.28. The molecule has 0 radical (unpaired) electrons. The first-order valence-corrected chi connectivity index (χ1v) is 8.83. The Morgan fingerprint density at radius 2 is 1.83 bits per heavy atom. The van der Waals surface area contributed by atoms with Crippen LogP contribution in [0, 0.1) is 5.82 Å². The van der Waals surface area contributed by atoms with Crippen molar-refractivity contribution in [2.75, 3.05) is 0 Å². The molecule has 0 saturated heterocycles. The number of carboxylic acids is 1. The lowest BCUT2D eigenvalue weighted by molar-refractivity contribution is 0.0686. The highest BCUT2D eigenvalue weighted by atomic mass is 19.1. The van der Waals surface area contributed by atoms with E-state index >= 15 is 0 Å². The number of carboxylic acid groups (broad SMARTS) is 1. The number of nitrogens with one attached hydrogen (secondary N) is 1. The van der Waals surface area contributed by atoms with Gasteiger partial charge in [-0.1, -0.05) is 69.7 Å². The zero-order valence-electron chi connectivity index (χ0n) is 14.3. The maximum absolute atomic E-state index is 14.1. The number of aromatic carboxylic acids is 1. The van der Waals surface area contributed by atoms with Gasteiger partial charge >= 0.3 is 5.97 Å². The number of carbonyl (C=O) groups is 1. The third-order valence-corrected chi connectivity index (χ3v) is 4.34. The number of benzene rings is 1. The third-order valence-electron chi connectivity index (χ3n) is 4.34. The molecule has 0 saturated carbocycles. The van der Waals surface area contributed by atoms with Crippen molar-refractivity contribution < 1.29 is 14.3 Å². The fourth-order valence-corrected chi connectivity index (χ4v) is 2.95. The van der Waals surface area contributed by atoms with Crippen LogP contribution in [0.2, 0.25) is 0 Å². The van der Waals surface area contributed by atoms with Crippen molar-refractivity contribution in [3.63, 3.8) is 0 Å². The van der Waals surface area contributed by atoms with Gasteiger partial charge in [0.1, 0.15) is 0 Å². The van der Waals surface area contributed by atoms with Crippen LogP contribution in [0.3, 0.4) is 0 Å². The van der Waals surface area contributed by atoms with E-state index in [1.807, 2.05) is 24.3 Å². The number of H-pyrrole nitrogens is 1. The zero-order chi connectivity index (χ0) is 17.4. The Kier molecular flexibility index (Phi) is 7.04. The van der Waals surface area contributed by atoms with E-state index in [0.717, 1.165) is 18.4 Å². The summed E-state index contributed by atoms with van der Waals surface area (Å²) in [5.74, 6) is -1.98. The molecule has 0 spiro atoms. The van der Waals surface area contributed by atoms with E-state index in [1.54, 1.807) is 0 Å². The molecule has 2 N–H and O–H groups in total. The lowest BCUT2D eigenvalue weighted by Crippen LogP contribution is -1.99. The number of aromatic amines is 1. The van der Waals surface area contributed by atoms with Gasteiger partial charge in [0.05, 0.1) is 0 Å². The number of hydrogen-bond donors (Lipinski definition) is 2. The highest BCUT2D eigenvalue weighted by molar-refractivity contribution is 5.88. The molecule has 0 fully saturated rings. The van der Waals surface area contributed by atoms with Crippen LogP contribution in [0.5, 0.6) is 0 Å². The summed E-state index contributed by atoms with van der Waals surface area (Å²) >= 11 is 0. The lowest BCUT2D eigenvalue weighted by Gasteiger charge is -2.05. The molecule has 1 aromatic heterocycles. The summed E-state index contributed by atoms with van der Waals surface area (Å²) in [6, 6.07) is 7.71. The molecule has 4 heteroatoms. The van der Waals surface area contributed by atoms with Crippen LogP contribution in [-0.2, 0) is 6.42 Å². The highest BCUT2D eigenvalue weighted by Gasteiger charge is 2.17. The van der Waals surface area contributed by atoms with Crippen molar-refractivity contribution in [1.82, 2.24) is 4.98 Å². The fraction of sp³-hybridized carbons (Fsp3) is 0.450. The Balaban J connectivity index is 1.91. The van der Waals surface area contributed by atoms with Gasteiger partial charge in [0.15, 0.2) is 11.5 Å². The number of hydrogen-bond acceptors (Lipinski definition) is 1. The van der Waals surface area contributed by atoms with E-state index < -0.39 is 11.8 Å². The number of unbranched alkanes of at least 4 members (excludes halogenated alkanes) is 6. The highest BCUT2D eigenvalue weighted by Crippen LogP contribution is 2.26. The quantitative estimate of drug-likeness (QED) is 0.540. The number of halogens is 1. The third kappa shape index (κ3) is 4.95. The monoisotopic (exact) mass is 331 g/mol. The van der Waals surface area contributed by atoms with Crippen molar-refractivity contribution in [1.29, 1.82) is 0 Å². The first-order chi connectivity index (χ1) is 11.6. The molecule has 3 nitrogen and oxygen atoms in total. The van der Waals surface area contributed by atoms with E-state index in [9.17, 15) is 9.18 Å². The van der Waals surface area contributed by atoms with Gasteiger partial charge in [0, 0.05) is 11.8 Å². The van der Waals surface area contributed by atoms with Gasteiger partial charge < -0.3 is 10.1 Å². The SMILES string of the molecule is CCCCCCCCCc1cccc(-c2c[nH]c(C(=O)O)c2F)c1. The summed E-state index contributed by atoms with van der Waals surface area (Å²) in [5.41, 5.74) is 1.81. The predicted molar refractivity (Wildman–Crippen MR) is 94.8 cm³/mol. The van der Waals surface area contributed by atoms with E-state index in [1.165, 1.54) is 50.3 Å². The van der Waals surface area contributed by atoms with Gasteiger partial charge in [0.25, 0.3) is 0 Å². The molecule has 0 bridgehead atoms. The average Bonchev–Trinajstić information content (AvgIpc) is 2.96. The molecule has 24 heavy (non-hydrogen) atoms. The lowest BCUT2D eigenvalue weighted by atomic mass is 10.0. The average molecular weight is 331 g/mol. The standard InChI is InChI=1S/C20H26FNO2/c1-2-3-4-5-6-7-8-10-15-11-9-12-16(13-15)17-14-22-19(18(17)21)20(23)24/h9,11-14,22H,2-8,10H2,1H3,(H,23,24). The second-order valence-electron chi connectivity index (χ2n) is 6.27. The van der Waals surface area contributed by atoms with Crippen LogP contribution in [0.25, 0.3) is 11.1 Å². The topological polar surface area (TPSA) is 53.1 Å². The summed E-state index contributed by atoms with van der Waals surface area (Å²) in [7, 11) is 0. The van der Waals surface area contributed by atoms with E-state index in [4.69, 9.17) is 5.11 Å². The fourth-order valence-electron chi connectivity index (χ4n) is 2.95. The van der Waals surface area contributed by atoms with Crippen LogP contribution >= 0.6 is 0 Å². The molecule has 0 aliphatic rings. The van der Waals surface area contributed by atoms with Crippen LogP contribution in [0.15, 0.2) is 30.5 Å². The first kappa shape index (κ1) is 18.2. The van der Waals surface area contributed by atoms with Gasteiger partial charge in [-0.15, -0.1) is 0 Å². The molecule has 0 aliphatic carbocycles. The zero-order valence-corrected chi connectivity index (χ0v) is 14.3. The second-order valence-corrected chi connectivity index (χ2v) is 6.27. The minimum Gasteiger partial charge on any atom is -0.476 e. The van der Waals surface area contributed by atoms with Gasteiger partial charge in [-0.05, 0) is 24.0 Å². The summed E-state index contributed by atoms with van der Waals surface area (Å²) in [4.78, 5) is 13.4. The molecule has 0 amide bonds. The smallest absolute Gasteiger partial charge is 0.355 e. The second kappa shape index (κ2) is 9.26. The van der Waals surface area contributed by atoms with Crippen molar-refractivity contribution in [2.24, 2.45) is 0 Å². The summed E-state index contributed by atoms with van der Waals surface area (Å²) < 4.78 is 14.1. The van der Waals surface area contributed by atoms with Gasteiger partial charge in [-0.25, -0.2) is 9.18 Å². The molecule has 1 heterocycles. The van der Waals surface area contributed by atoms with Crippen molar-refractivity contribution in [3.05, 3.63) is 47.5 Å². The van der Waals surface area contributed by atoms with Crippen molar-refractivity contribution in [2.45, 2.75) is 58.3 Å². The molecule has 0 unspecified atom stereocenters. The van der Waals surface area contributed by atoms with Crippen LogP contribution < -0.4 is 0 Å². The Labute approximate surface area is 142 Å². The molecule has 0 aliphatic heterocycles. The minimum absolute atomic E-state index is 0.314. The van der Waals surface area contributed by atoms with Gasteiger partial charge in [-0.3, -0.25) is 0 Å². The Hall–Kier alpha value is -2.10. The van der Waals surface area contributed by atoms with Crippen molar-refractivity contribution >= 4 is 5.97 Å². The van der Waals surface area contributed by atoms with Gasteiger partial charge in [-0.2, -0.15) is 0 Å². The first-order valence-electron chi connectivity index (χ1n) is 8.83. The molecular weight excluding hydrogens is 305 g/mol. The maximum atomic E-state index is 14.1. The number of aromatic nitrogens is 1. The molecule has 1 aromatic carbocycles. The summed E-state index contributed by atoms with van der Waals surface area (Å²) in [5, 5.41) is 8.93. The Morgan fingerprint density at radius 1 is 1.12 bits per heavy atom. The van der Waals surface area contributed by atoms with E-state index in [0.29, 0.717) is 5.56 Å². The Morgan fingerprint density at radius 3 is 2.50 bits per heavy atom. The molecule has 130 valence electrons. The molecule has 0 atom stereocenters. The number of aryl methyl sites for hydroxylation is 1. The number of rotatable bonds is 10. The molecule has 2 rings (SSSR count). The van der Waals surface area contributed by atoms with Gasteiger partial charge in [0.2, 0.25) is 0 Å². The van der Waals surface area contributed by atoms with Crippen LogP contribution in [-0.4, -0.2) is 16.1 Å². The van der Waals surface area contributed by atoms with Crippen LogP contribution in [0.1, 0.15) is 67.9 Å². The summed E-state index contributed by atoms with van der Waals surface area (Å²) in [6.45, 7) is 2.22. The largest absolute Gasteiger partial charge is 0.476 e. The normalized spacial score (nSPS) is 10.9. The summed E-state index contributed by atoms with van der Waals surface area (Å²) in [6.07, 6.45) is 11.2. The van der Waals surface area contributed by atoms with Crippen molar-refractivity contribution in [3.8, 4) is 11.1 Å². The Bertz CT molecular complexity index is 663. The molecular formula is C20H26FNO2. The maximum Gasteiger partial charge on any atom is 0.355 e. The van der Waals surface area contributed by atoms with Crippen LogP contribution in [0.4, 0.5) is 4.39 Å². The van der Waals surface area contributed by atoms with E-state index in [-0.39, 0.29) is 5.69 Å². The predicted octanol–water partition coefficient (Wildman–Crippen LogP) is 5.81. The molecule has 2 aromatic rings.